The highest BCUT2D eigenvalue weighted by Gasteiger charge is 2.33. The molecule has 0 bridgehead atoms. The van der Waals surface area contributed by atoms with Crippen LogP contribution in [0, 0.1) is 11.3 Å². The summed E-state index contributed by atoms with van der Waals surface area (Å²) < 4.78 is 5.39. The Morgan fingerprint density at radius 1 is 1.27 bits per heavy atom. The van der Waals surface area contributed by atoms with Crippen LogP contribution in [0.1, 0.15) is 58.1 Å². The second kappa shape index (κ2) is 7.78. The van der Waals surface area contributed by atoms with Crippen molar-refractivity contribution in [2.45, 2.75) is 52.4 Å². The van der Waals surface area contributed by atoms with Gasteiger partial charge >= 0.3 is 0 Å². The zero-order valence-corrected chi connectivity index (χ0v) is 16.0. The number of carbonyl (C=O) groups excluding carboxylic acids is 2. The number of rotatable bonds is 3. The summed E-state index contributed by atoms with van der Waals surface area (Å²) in [5.74, 6) is 0.850. The van der Waals surface area contributed by atoms with Gasteiger partial charge < -0.3 is 15.0 Å². The molecule has 0 aliphatic carbocycles. The van der Waals surface area contributed by atoms with Crippen LogP contribution >= 0.6 is 0 Å². The van der Waals surface area contributed by atoms with Gasteiger partial charge in [0.2, 0.25) is 11.8 Å². The van der Waals surface area contributed by atoms with E-state index in [1.165, 1.54) is 0 Å². The van der Waals surface area contributed by atoms with Gasteiger partial charge in [0.1, 0.15) is 0 Å². The highest BCUT2D eigenvalue weighted by Crippen LogP contribution is 2.27. The van der Waals surface area contributed by atoms with E-state index in [1.807, 2.05) is 31.7 Å². The Morgan fingerprint density at radius 3 is 2.69 bits per heavy atom. The van der Waals surface area contributed by atoms with E-state index in [2.05, 4.69) is 15.5 Å². The van der Waals surface area contributed by atoms with Crippen molar-refractivity contribution in [3.63, 3.8) is 0 Å². The number of carbonyl (C=O) groups is 2. The lowest BCUT2D eigenvalue weighted by molar-refractivity contribution is -0.142. The monoisotopic (exact) mass is 362 g/mol. The molecule has 2 amide bonds. The lowest BCUT2D eigenvalue weighted by Gasteiger charge is -2.35. The van der Waals surface area contributed by atoms with Gasteiger partial charge in [-0.05, 0) is 25.7 Å². The molecular formula is C19H30N4O3. The van der Waals surface area contributed by atoms with Crippen LogP contribution in [0.3, 0.4) is 0 Å². The van der Waals surface area contributed by atoms with E-state index in [-0.39, 0.29) is 17.7 Å². The number of aromatic nitrogens is 2. The summed E-state index contributed by atoms with van der Waals surface area (Å²) in [5, 5.41) is 10.2. The van der Waals surface area contributed by atoms with E-state index in [4.69, 9.17) is 4.74 Å². The molecule has 3 rings (SSSR count). The molecular weight excluding hydrogens is 332 g/mol. The summed E-state index contributed by atoms with van der Waals surface area (Å²) in [5.41, 5.74) is 0.635. The van der Waals surface area contributed by atoms with Gasteiger partial charge in [0.25, 0.3) is 0 Å². The fraction of sp³-hybridized carbons (Fsp3) is 0.737. The second-order valence-corrected chi connectivity index (χ2v) is 8.42. The number of hydrogen-bond donors (Lipinski definition) is 2. The third kappa shape index (κ3) is 4.44. The third-order valence-corrected chi connectivity index (χ3v) is 5.23. The zero-order valence-electron chi connectivity index (χ0n) is 16.0. The molecule has 26 heavy (non-hydrogen) atoms. The van der Waals surface area contributed by atoms with E-state index < -0.39 is 5.41 Å². The van der Waals surface area contributed by atoms with Crippen LogP contribution in [0.4, 0.5) is 5.82 Å². The minimum Gasteiger partial charge on any atom is -0.381 e. The summed E-state index contributed by atoms with van der Waals surface area (Å²) in [7, 11) is 0. The number of ether oxygens (including phenoxy) is 1. The standard InChI is InChI=1S/C19H30N4O3/c1-19(2,3)18(25)23-8-4-5-14(12-23)17(24)20-16-11-15(21-22-16)13-6-9-26-10-7-13/h11,13-14H,4-10,12H2,1-3H3,(H2,20,21,22,24)/t14-/m0/s1. The molecule has 0 saturated carbocycles. The summed E-state index contributed by atoms with van der Waals surface area (Å²) in [6.45, 7) is 8.51. The van der Waals surface area contributed by atoms with E-state index in [9.17, 15) is 9.59 Å². The van der Waals surface area contributed by atoms with Crippen molar-refractivity contribution in [3.05, 3.63) is 11.8 Å². The summed E-state index contributed by atoms with van der Waals surface area (Å²) >= 11 is 0. The number of likely N-dealkylation sites (tertiary alicyclic amines) is 1. The maximum absolute atomic E-state index is 12.6. The maximum Gasteiger partial charge on any atom is 0.230 e. The molecule has 144 valence electrons. The molecule has 2 fully saturated rings. The minimum atomic E-state index is -0.417. The molecule has 0 spiro atoms. The molecule has 1 atom stereocenters. The molecule has 2 N–H and O–H groups in total. The predicted octanol–water partition coefficient (Wildman–Crippen LogP) is 2.53. The number of nitrogens with one attached hydrogen (secondary N) is 2. The van der Waals surface area contributed by atoms with Gasteiger partial charge in [-0.1, -0.05) is 20.8 Å². The quantitative estimate of drug-likeness (QED) is 0.865. The molecule has 2 saturated heterocycles. The van der Waals surface area contributed by atoms with Gasteiger partial charge in [0.05, 0.1) is 5.92 Å². The molecule has 0 aromatic carbocycles. The average molecular weight is 362 g/mol. The average Bonchev–Trinajstić information content (AvgIpc) is 3.09. The third-order valence-electron chi connectivity index (χ3n) is 5.23. The van der Waals surface area contributed by atoms with Crippen LogP contribution in [0.25, 0.3) is 0 Å². The zero-order chi connectivity index (χ0) is 18.7. The van der Waals surface area contributed by atoms with Gasteiger partial charge in [0.15, 0.2) is 5.82 Å². The smallest absolute Gasteiger partial charge is 0.230 e. The minimum absolute atomic E-state index is 0.0542. The van der Waals surface area contributed by atoms with Crippen molar-refractivity contribution in [2.75, 3.05) is 31.6 Å². The molecule has 7 heteroatoms. The first-order chi connectivity index (χ1) is 12.3. The van der Waals surface area contributed by atoms with Crippen molar-refractivity contribution in [3.8, 4) is 0 Å². The number of nitrogens with zero attached hydrogens (tertiary/aromatic N) is 2. The second-order valence-electron chi connectivity index (χ2n) is 8.42. The Bertz CT molecular complexity index is 643. The SMILES string of the molecule is CC(C)(C)C(=O)N1CCC[C@H](C(=O)Nc2cc(C3CCOCC3)[nH]n2)C1. The first kappa shape index (κ1) is 18.9. The van der Waals surface area contributed by atoms with Crippen LogP contribution in [0.2, 0.25) is 0 Å². The van der Waals surface area contributed by atoms with E-state index in [0.29, 0.717) is 18.3 Å². The fourth-order valence-electron chi connectivity index (χ4n) is 3.70. The van der Waals surface area contributed by atoms with Crippen molar-refractivity contribution in [2.24, 2.45) is 11.3 Å². The van der Waals surface area contributed by atoms with Gasteiger partial charge in [-0.2, -0.15) is 5.10 Å². The number of piperidine rings is 1. The Hall–Kier alpha value is -1.89. The normalized spacial score (nSPS) is 22.3. The van der Waals surface area contributed by atoms with Crippen LogP contribution in [-0.2, 0) is 14.3 Å². The van der Waals surface area contributed by atoms with Gasteiger partial charge in [-0.3, -0.25) is 14.7 Å². The van der Waals surface area contributed by atoms with Crippen LogP contribution < -0.4 is 5.32 Å². The van der Waals surface area contributed by atoms with Crippen molar-refractivity contribution < 1.29 is 14.3 Å². The first-order valence-electron chi connectivity index (χ1n) is 9.58. The Balaban J connectivity index is 1.57. The van der Waals surface area contributed by atoms with Gasteiger partial charge in [-0.25, -0.2) is 0 Å². The van der Waals surface area contributed by atoms with Gasteiger partial charge in [0, 0.05) is 49.4 Å². The molecule has 0 unspecified atom stereocenters. The number of amides is 2. The lowest BCUT2D eigenvalue weighted by Crippen LogP contribution is -2.47. The van der Waals surface area contributed by atoms with Crippen LogP contribution in [-0.4, -0.2) is 53.2 Å². The highest BCUT2D eigenvalue weighted by molar-refractivity contribution is 5.92. The Kier molecular flexibility index (Phi) is 5.65. The summed E-state index contributed by atoms with van der Waals surface area (Å²) in [6.07, 6.45) is 3.61. The molecule has 3 heterocycles. The van der Waals surface area contributed by atoms with Crippen molar-refractivity contribution >= 4 is 17.6 Å². The van der Waals surface area contributed by atoms with Crippen molar-refractivity contribution in [1.29, 1.82) is 0 Å². The first-order valence-corrected chi connectivity index (χ1v) is 9.58. The van der Waals surface area contributed by atoms with E-state index in [0.717, 1.165) is 51.1 Å². The molecule has 2 aliphatic heterocycles. The van der Waals surface area contributed by atoms with E-state index in [1.54, 1.807) is 0 Å². The van der Waals surface area contributed by atoms with Crippen LogP contribution in [0.15, 0.2) is 6.07 Å². The number of H-pyrrole nitrogens is 1. The van der Waals surface area contributed by atoms with E-state index >= 15 is 0 Å². The number of aromatic amines is 1. The lowest BCUT2D eigenvalue weighted by atomic mass is 9.91. The molecule has 1 aromatic heterocycles. The summed E-state index contributed by atoms with van der Waals surface area (Å²) in [4.78, 5) is 27.0. The summed E-state index contributed by atoms with van der Waals surface area (Å²) in [6, 6.07) is 1.93. The topological polar surface area (TPSA) is 87.3 Å². The molecule has 0 radical (unpaired) electrons. The Morgan fingerprint density at radius 2 is 2.00 bits per heavy atom. The van der Waals surface area contributed by atoms with Crippen molar-refractivity contribution in [1.82, 2.24) is 15.1 Å². The predicted molar refractivity (Wildman–Crippen MR) is 98.8 cm³/mol. The maximum atomic E-state index is 12.6. The fourth-order valence-corrected chi connectivity index (χ4v) is 3.70. The van der Waals surface area contributed by atoms with Crippen LogP contribution in [0.5, 0.6) is 0 Å². The molecule has 7 nitrogen and oxygen atoms in total. The Labute approximate surface area is 154 Å². The molecule has 1 aromatic rings. The number of hydrogen-bond acceptors (Lipinski definition) is 4. The molecule has 2 aliphatic rings. The number of anilines is 1. The van der Waals surface area contributed by atoms with Gasteiger partial charge in [-0.15, -0.1) is 0 Å². The largest absolute Gasteiger partial charge is 0.381 e. The highest BCUT2D eigenvalue weighted by atomic mass is 16.5.